The first-order chi connectivity index (χ1) is 12.9. The van der Waals surface area contributed by atoms with E-state index in [1.54, 1.807) is 0 Å². The van der Waals surface area contributed by atoms with Crippen LogP contribution in [0.4, 0.5) is 0 Å². The average molecular weight is 331 g/mol. The van der Waals surface area contributed by atoms with Crippen molar-refractivity contribution in [1.82, 2.24) is 4.98 Å². The monoisotopic (exact) mass is 331 g/mol. The summed E-state index contributed by atoms with van der Waals surface area (Å²) in [7, 11) is 0. The number of benzene rings is 4. The second-order valence-corrected chi connectivity index (χ2v) is 6.48. The molecule has 1 heterocycles. The molecule has 1 heteroatoms. The molecule has 0 unspecified atom stereocenters. The topological polar surface area (TPSA) is 12.9 Å². The molecular weight excluding hydrogens is 314 g/mol. The van der Waals surface area contributed by atoms with E-state index >= 15 is 0 Å². The second kappa shape index (κ2) is 6.12. The molecule has 122 valence electrons. The van der Waals surface area contributed by atoms with Crippen LogP contribution in [-0.4, -0.2) is 4.98 Å². The van der Waals surface area contributed by atoms with Crippen molar-refractivity contribution < 1.29 is 0 Å². The minimum Gasteiger partial charge on any atom is -0.256 e. The lowest BCUT2D eigenvalue weighted by Gasteiger charge is -2.10. The van der Waals surface area contributed by atoms with Gasteiger partial charge in [-0.1, -0.05) is 84.9 Å². The standard InChI is InChI=1S/C25H17N/c1-3-11-21-18(7-1)9-5-13-23(21)20-15-16-26-25(17-20)24-14-6-10-19-8-2-4-12-22(19)24/h1-17H. The molecule has 0 aliphatic carbocycles. The Morgan fingerprint density at radius 1 is 0.500 bits per heavy atom. The maximum atomic E-state index is 4.67. The Kier molecular flexibility index (Phi) is 3.50. The van der Waals surface area contributed by atoms with Gasteiger partial charge in [0.2, 0.25) is 0 Å². The summed E-state index contributed by atoms with van der Waals surface area (Å²) in [5, 5.41) is 5.00. The molecule has 26 heavy (non-hydrogen) atoms. The summed E-state index contributed by atoms with van der Waals surface area (Å²) < 4.78 is 0. The van der Waals surface area contributed by atoms with Crippen LogP contribution in [0.1, 0.15) is 0 Å². The van der Waals surface area contributed by atoms with Gasteiger partial charge >= 0.3 is 0 Å². The molecule has 0 fully saturated rings. The number of fused-ring (bicyclic) bond motifs is 2. The first-order valence-electron chi connectivity index (χ1n) is 8.82. The van der Waals surface area contributed by atoms with E-state index in [2.05, 4.69) is 102 Å². The Morgan fingerprint density at radius 2 is 1.08 bits per heavy atom. The predicted molar refractivity (Wildman–Crippen MR) is 110 cm³/mol. The highest BCUT2D eigenvalue weighted by Gasteiger charge is 2.08. The van der Waals surface area contributed by atoms with Crippen LogP contribution >= 0.6 is 0 Å². The fourth-order valence-corrected chi connectivity index (χ4v) is 3.67. The van der Waals surface area contributed by atoms with Gasteiger partial charge in [-0.05, 0) is 44.8 Å². The summed E-state index contributed by atoms with van der Waals surface area (Å²) in [5.41, 5.74) is 4.61. The van der Waals surface area contributed by atoms with Crippen LogP contribution in [0.15, 0.2) is 103 Å². The molecule has 0 N–H and O–H groups in total. The van der Waals surface area contributed by atoms with Crippen LogP contribution < -0.4 is 0 Å². The first kappa shape index (κ1) is 14.9. The van der Waals surface area contributed by atoms with Crippen molar-refractivity contribution in [2.45, 2.75) is 0 Å². The van der Waals surface area contributed by atoms with Crippen molar-refractivity contribution in [3.63, 3.8) is 0 Å². The number of hydrogen-bond donors (Lipinski definition) is 0. The van der Waals surface area contributed by atoms with Gasteiger partial charge in [-0.3, -0.25) is 4.98 Å². The van der Waals surface area contributed by atoms with Gasteiger partial charge in [-0.15, -0.1) is 0 Å². The molecule has 0 amide bonds. The van der Waals surface area contributed by atoms with Crippen molar-refractivity contribution in [2.75, 3.05) is 0 Å². The fraction of sp³-hybridized carbons (Fsp3) is 0. The molecule has 0 aliphatic rings. The lowest BCUT2D eigenvalue weighted by molar-refractivity contribution is 1.33. The molecule has 5 aromatic rings. The van der Waals surface area contributed by atoms with Crippen LogP contribution in [0, 0.1) is 0 Å². The third kappa shape index (κ3) is 2.46. The third-order valence-corrected chi connectivity index (χ3v) is 4.93. The van der Waals surface area contributed by atoms with E-state index in [-0.39, 0.29) is 0 Å². The Balaban J connectivity index is 1.72. The molecule has 0 spiro atoms. The van der Waals surface area contributed by atoms with Gasteiger partial charge in [-0.25, -0.2) is 0 Å². The van der Waals surface area contributed by atoms with Gasteiger partial charge in [-0.2, -0.15) is 0 Å². The van der Waals surface area contributed by atoms with Gasteiger partial charge < -0.3 is 0 Å². The molecular formula is C25H17N. The average Bonchev–Trinajstić information content (AvgIpc) is 2.73. The highest BCUT2D eigenvalue weighted by Crippen LogP contribution is 2.32. The minimum atomic E-state index is 1.01. The summed E-state index contributed by atoms with van der Waals surface area (Å²) in [6, 6.07) is 34.1. The van der Waals surface area contributed by atoms with Crippen molar-refractivity contribution >= 4 is 21.5 Å². The van der Waals surface area contributed by atoms with E-state index < -0.39 is 0 Å². The zero-order valence-electron chi connectivity index (χ0n) is 14.3. The number of pyridine rings is 1. The molecule has 0 saturated heterocycles. The van der Waals surface area contributed by atoms with Crippen LogP contribution in [0.25, 0.3) is 43.9 Å². The fourth-order valence-electron chi connectivity index (χ4n) is 3.67. The van der Waals surface area contributed by atoms with Crippen molar-refractivity contribution in [2.24, 2.45) is 0 Å². The van der Waals surface area contributed by atoms with E-state index in [1.165, 1.54) is 38.2 Å². The third-order valence-electron chi connectivity index (χ3n) is 4.93. The molecule has 1 nitrogen and oxygen atoms in total. The van der Waals surface area contributed by atoms with E-state index in [0.717, 1.165) is 5.69 Å². The summed E-state index contributed by atoms with van der Waals surface area (Å²) in [4.78, 5) is 4.67. The lowest BCUT2D eigenvalue weighted by Crippen LogP contribution is -1.88. The number of rotatable bonds is 2. The maximum absolute atomic E-state index is 4.67. The zero-order valence-corrected chi connectivity index (χ0v) is 14.3. The Hall–Kier alpha value is -3.45. The zero-order chi connectivity index (χ0) is 17.3. The summed E-state index contributed by atoms with van der Waals surface area (Å²) in [5.74, 6) is 0. The highest BCUT2D eigenvalue weighted by molar-refractivity contribution is 5.99. The summed E-state index contributed by atoms with van der Waals surface area (Å²) >= 11 is 0. The number of aromatic nitrogens is 1. The molecule has 4 aromatic carbocycles. The number of hydrogen-bond acceptors (Lipinski definition) is 1. The van der Waals surface area contributed by atoms with Crippen molar-refractivity contribution in [1.29, 1.82) is 0 Å². The highest BCUT2D eigenvalue weighted by atomic mass is 14.7. The van der Waals surface area contributed by atoms with Gasteiger partial charge in [0.05, 0.1) is 5.69 Å². The molecule has 0 atom stereocenters. The lowest BCUT2D eigenvalue weighted by atomic mass is 9.96. The maximum Gasteiger partial charge on any atom is 0.0714 e. The van der Waals surface area contributed by atoms with Crippen LogP contribution in [0.5, 0.6) is 0 Å². The van der Waals surface area contributed by atoms with E-state index in [1.807, 2.05) is 6.20 Å². The van der Waals surface area contributed by atoms with E-state index in [9.17, 15) is 0 Å². The SMILES string of the molecule is c1ccc2c(-c3ccnc(-c4cccc5ccccc45)c3)cccc2c1. The van der Waals surface area contributed by atoms with Crippen LogP contribution in [-0.2, 0) is 0 Å². The summed E-state index contributed by atoms with van der Waals surface area (Å²) in [6.07, 6.45) is 1.91. The first-order valence-corrected chi connectivity index (χ1v) is 8.82. The second-order valence-electron chi connectivity index (χ2n) is 6.48. The molecule has 1 aromatic heterocycles. The Bertz CT molecular complexity index is 1130. The number of nitrogens with zero attached hydrogens (tertiary/aromatic N) is 1. The Morgan fingerprint density at radius 3 is 1.81 bits per heavy atom. The largest absolute Gasteiger partial charge is 0.256 e. The Labute approximate surface area is 152 Å². The van der Waals surface area contributed by atoms with E-state index in [4.69, 9.17) is 0 Å². The van der Waals surface area contributed by atoms with Gasteiger partial charge in [0.25, 0.3) is 0 Å². The normalized spacial score (nSPS) is 11.1. The van der Waals surface area contributed by atoms with Crippen molar-refractivity contribution in [3.8, 4) is 22.4 Å². The van der Waals surface area contributed by atoms with E-state index in [0.29, 0.717) is 0 Å². The van der Waals surface area contributed by atoms with Crippen LogP contribution in [0.3, 0.4) is 0 Å². The van der Waals surface area contributed by atoms with Gasteiger partial charge in [0.15, 0.2) is 0 Å². The smallest absolute Gasteiger partial charge is 0.0714 e. The molecule has 5 rings (SSSR count). The summed E-state index contributed by atoms with van der Waals surface area (Å²) in [6.45, 7) is 0. The van der Waals surface area contributed by atoms with Crippen LogP contribution in [0.2, 0.25) is 0 Å². The van der Waals surface area contributed by atoms with Gasteiger partial charge in [0.1, 0.15) is 0 Å². The molecule has 0 radical (unpaired) electrons. The molecule has 0 aliphatic heterocycles. The molecule has 0 bridgehead atoms. The van der Waals surface area contributed by atoms with Crippen molar-refractivity contribution in [3.05, 3.63) is 103 Å². The molecule has 0 saturated carbocycles. The van der Waals surface area contributed by atoms with Gasteiger partial charge in [0, 0.05) is 11.8 Å². The quantitative estimate of drug-likeness (QED) is 0.350. The minimum absolute atomic E-state index is 1.01. The predicted octanol–water partition coefficient (Wildman–Crippen LogP) is 6.72.